The fourth-order valence-corrected chi connectivity index (χ4v) is 2.93. The molecule has 0 saturated heterocycles. The van der Waals surface area contributed by atoms with Gasteiger partial charge in [0.15, 0.2) is 0 Å². The van der Waals surface area contributed by atoms with Crippen molar-refractivity contribution in [2.24, 2.45) is 0 Å². The Morgan fingerprint density at radius 3 is 2.71 bits per heavy atom. The maximum absolute atomic E-state index is 12.3. The second-order valence-electron chi connectivity index (χ2n) is 4.40. The highest BCUT2D eigenvalue weighted by Gasteiger charge is 2.19. The van der Waals surface area contributed by atoms with Crippen molar-refractivity contribution in [3.8, 4) is 0 Å². The van der Waals surface area contributed by atoms with Gasteiger partial charge in [-0.1, -0.05) is 11.6 Å². The first kappa shape index (κ1) is 15.3. The molecule has 1 amide bonds. The number of carbonyl (C=O) groups excluding carboxylic acids is 1. The number of hydrogen-bond donors (Lipinski definition) is 1. The van der Waals surface area contributed by atoms with Gasteiger partial charge in [0, 0.05) is 29.7 Å². The van der Waals surface area contributed by atoms with Gasteiger partial charge in [-0.2, -0.15) is 0 Å². The molecule has 0 unspecified atom stereocenters. The zero-order valence-electron chi connectivity index (χ0n) is 11.1. The number of nitrogens with two attached hydrogens (primary N) is 1. The Morgan fingerprint density at radius 2 is 2.14 bits per heavy atom. The molecule has 0 aliphatic rings. The van der Waals surface area contributed by atoms with E-state index in [4.69, 9.17) is 17.3 Å². The molecule has 0 aliphatic heterocycles. The highest BCUT2D eigenvalue weighted by molar-refractivity contribution is 7.16. The molecule has 8 heteroatoms. The van der Waals surface area contributed by atoms with Crippen molar-refractivity contribution in [3.05, 3.63) is 55.2 Å². The second-order valence-corrected chi connectivity index (χ2v) is 6.20. The van der Waals surface area contributed by atoms with Crippen LogP contribution < -0.4 is 5.73 Å². The molecule has 1 aromatic heterocycles. The lowest BCUT2D eigenvalue weighted by Gasteiger charge is -2.17. The quantitative estimate of drug-likeness (QED) is 0.531. The van der Waals surface area contributed by atoms with Crippen LogP contribution in [0.15, 0.2) is 30.3 Å². The van der Waals surface area contributed by atoms with E-state index in [2.05, 4.69) is 0 Å². The minimum atomic E-state index is -0.560. The molecular weight excluding hydrogens is 314 g/mol. The minimum Gasteiger partial charge on any atom is -0.398 e. The molecule has 21 heavy (non-hydrogen) atoms. The first-order chi connectivity index (χ1) is 9.88. The third-order valence-electron chi connectivity index (χ3n) is 2.85. The largest absolute Gasteiger partial charge is 0.398 e. The molecule has 0 aliphatic carbocycles. The average molecular weight is 326 g/mol. The standard InChI is InChI=1S/C13H12ClN3O3S/c1-16(7-9-3-5-12(14)21-9)13(18)10-6-8(17(19)20)2-4-11(10)15/h2-6H,7,15H2,1H3. The predicted octanol–water partition coefficient (Wildman–Crippen LogP) is 3.16. The molecule has 1 heterocycles. The number of nitrogen functional groups attached to an aromatic ring is 1. The zero-order valence-corrected chi connectivity index (χ0v) is 12.6. The van der Waals surface area contributed by atoms with Crippen molar-refractivity contribution in [1.82, 2.24) is 4.90 Å². The normalized spacial score (nSPS) is 10.4. The molecule has 0 radical (unpaired) electrons. The summed E-state index contributed by atoms with van der Waals surface area (Å²) in [6, 6.07) is 7.40. The van der Waals surface area contributed by atoms with Crippen LogP contribution in [0.25, 0.3) is 0 Å². The summed E-state index contributed by atoms with van der Waals surface area (Å²) in [7, 11) is 1.61. The van der Waals surface area contributed by atoms with E-state index < -0.39 is 4.92 Å². The fraction of sp³-hybridized carbons (Fsp3) is 0.154. The highest BCUT2D eigenvalue weighted by atomic mass is 35.5. The summed E-state index contributed by atoms with van der Waals surface area (Å²) in [4.78, 5) is 24.9. The Balaban J connectivity index is 2.22. The third-order valence-corrected chi connectivity index (χ3v) is 4.06. The van der Waals surface area contributed by atoms with Crippen LogP contribution in [0.3, 0.4) is 0 Å². The highest BCUT2D eigenvalue weighted by Crippen LogP contribution is 2.24. The molecule has 2 N–H and O–H groups in total. The minimum absolute atomic E-state index is 0.120. The van der Waals surface area contributed by atoms with E-state index >= 15 is 0 Å². The number of thiophene rings is 1. The summed E-state index contributed by atoms with van der Waals surface area (Å²) in [6.07, 6.45) is 0. The summed E-state index contributed by atoms with van der Waals surface area (Å²) in [5, 5.41) is 10.8. The van der Waals surface area contributed by atoms with Gasteiger partial charge in [-0.05, 0) is 18.2 Å². The summed E-state index contributed by atoms with van der Waals surface area (Å²) in [5.74, 6) is -0.374. The number of carbonyl (C=O) groups is 1. The van der Waals surface area contributed by atoms with Gasteiger partial charge in [-0.15, -0.1) is 11.3 Å². The maximum atomic E-state index is 12.3. The molecule has 0 fully saturated rings. The van der Waals surface area contributed by atoms with E-state index in [1.54, 1.807) is 13.1 Å². The fourth-order valence-electron chi connectivity index (χ4n) is 1.79. The number of hydrogen-bond acceptors (Lipinski definition) is 5. The molecule has 6 nitrogen and oxygen atoms in total. The van der Waals surface area contributed by atoms with Crippen LogP contribution >= 0.6 is 22.9 Å². The Hall–Kier alpha value is -2.12. The van der Waals surface area contributed by atoms with Gasteiger partial charge in [0.05, 0.1) is 21.4 Å². The van der Waals surface area contributed by atoms with Crippen molar-refractivity contribution < 1.29 is 9.72 Å². The first-order valence-electron chi connectivity index (χ1n) is 5.92. The molecular formula is C13H12ClN3O3S. The monoisotopic (exact) mass is 325 g/mol. The van der Waals surface area contributed by atoms with Crippen LogP contribution in [0.5, 0.6) is 0 Å². The maximum Gasteiger partial charge on any atom is 0.270 e. The van der Waals surface area contributed by atoms with Gasteiger partial charge >= 0.3 is 0 Å². The summed E-state index contributed by atoms with van der Waals surface area (Å²) < 4.78 is 0.640. The topological polar surface area (TPSA) is 89.5 Å². The molecule has 2 aromatic rings. The first-order valence-corrected chi connectivity index (χ1v) is 7.11. The van der Waals surface area contributed by atoms with Crippen molar-refractivity contribution in [2.45, 2.75) is 6.54 Å². The van der Waals surface area contributed by atoms with Crippen LogP contribution in [0, 0.1) is 10.1 Å². The van der Waals surface area contributed by atoms with Gasteiger partial charge in [-0.3, -0.25) is 14.9 Å². The van der Waals surface area contributed by atoms with Crippen molar-refractivity contribution in [2.75, 3.05) is 12.8 Å². The number of rotatable bonds is 4. The molecule has 2 rings (SSSR count). The third kappa shape index (κ3) is 3.50. The van der Waals surface area contributed by atoms with Crippen LogP contribution in [0.1, 0.15) is 15.2 Å². The van der Waals surface area contributed by atoms with Gasteiger partial charge in [-0.25, -0.2) is 0 Å². The van der Waals surface area contributed by atoms with E-state index in [1.165, 1.54) is 34.4 Å². The van der Waals surface area contributed by atoms with E-state index in [-0.39, 0.29) is 22.8 Å². The molecule has 0 bridgehead atoms. The average Bonchev–Trinajstić information content (AvgIpc) is 2.83. The summed E-state index contributed by atoms with van der Waals surface area (Å²) >= 11 is 7.21. The number of benzene rings is 1. The van der Waals surface area contributed by atoms with E-state index in [0.717, 1.165) is 4.88 Å². The predicted molar refractivity (Wildman–Crippen MR) is 82.6 cm³/mol. The number of nitro benzene ring substituents is 1. The lowest BCUT2D eigenvalue weighted by molar-refractivity contribution is -0.384. The molecule has 1 aromatic carbocycles. The van der Waals surface area contributed by atoms with Gasteiger partial charge in [0.2, 0.25) is 0 Å². The summed E-state index contributed by atoms with van der Waals surface area (Å²) in [6.45, 7) is 0.359. The Labute approximate surface area is 129 Å². The van der Waals surface area contributed by atoms with Gasteiger partial charge in [0.1, 0.15) is 0 Å². The van der Waals surface area contributed by atoms with Crippen molar-refractivity contribution in [3.63, 3.8) is 0 Å². The van der Waals surface area contributed by atoms with E-state index in [0.29, 0.717) is 10.9 Å². The summed E-state index contributed by atoms with van der Waals surface area (Å²) in [5.41, 5.74) is 5.90. The van der Waals surface area contributed by atoms with Crippen molar-refractivity contribution in [1.29, 1.82) is 0 Å². The smallest absolute Gasteiger partial charge is 0.270 e. The van der Waals surface area contributed by atoms with E-state index in [9.17, 15) is 14.9 Å². The van der Waals surface area contributed by atoms with Gasteiger partial charge < -0.3 is 10.6 Å². The molecule has 0 atom stereocenters. The van der Waals surface area contributed by atoms with Crippen LogP contribution in [0.4, 0.5) is 11.4 Å². The van der Waals surface area contributed by atoms with E-state index in [1.807, 2.05) is 6.07 Å². The van der Waals surface area contributed by atoms with Gasteiger partial charge in [0.25, 0.3) is 11.6 Å². The Kier molecular flexibility index (Phi) is 4.44. The van der Waals surface area contributed by atoms with Crippen LogP contribution in [-0.4, -0.2) is 22.8 Å². The second kappa shape index (κ2) is 6.11. The number of nitrogens with zero attached hydrogens (tertiary/aromatic N) is 2. The molecule has 0 saturated carbocycles. The molecule has 0 spiro atoms. The number of anilines is 1. The Morgan fingerprint density at radius 1 is 1.43 bits per heavy atom. The zero-order chi connectivity index (χ0) is 15.6. The Bertz CT molecular complexity index is 702. The van der Waals surface area contributed by atoms with Crippen molar-refractivity contribution >= 4 is 40.2 Å². The van der Waals surface area contributed by atoms with Crippen LogP contribution in [-0.2, 0) is 6.54 Å². The SMILES string of the molecule is CN(Cc1ccc(Cl)s1)C(=O)c1cc([N+](=O)[O-])ccc1N. The molecule has 110 valence electrons. The van der Waals surface area contributed by atoms with Crippen LogP contribution in [0.2, 0.25) is 4.34 Å². The lowest BCUT2D eigenvalue weighted by atomic mass is 10.1. The lowest BCUT2D eigenvalue weighted by Crippen LogP contribution is -2.26. The number of non-ortho nitro benzene ring substituents is 1. The number of amides is 1. The number of halogens is 1. The number of nitro groups is 1.